The van der Waals surface area contributed by atoms with E-state index in [4.69, 9.17) is 4.98 Å². The summed E-state index contributed by atoms with van der Waals surface area (Å²) in [5.41, 5.74) is 5.94. The monoisotopic (exact) mass is 401 g/mol. The molecule has 4 aromatic rings. The number of para-hydroxylation sites is 2. The van der Waals surface area contributed by atoms with Crippen molar-refractivity contribution in [1.29, 1.82) is 0 Å². The van der Waals surface area contributed by atoms with Gasteiger partial charge in [-0.05, 0) is 48.7 Å². The first-order valence-corrected chi connectivity index (χ1v) is 10.4. The Kier molecular flexibility index (Phi) is 5.41. The molecule has 0 saturated carbocycles. The molecule has 0 fully saturated rings. The SMILES string of the molecule is Cc1ccc(C)c(NC(=O)C(Sc2nc3ccccc3n2C)c2ccccc2)c1. The molecule has 0 saturated heterocycles. The van der Waals surface area contributed by atoms with Gasteiger partial charge < -0.3 is 9.88 Å². The van der Waals surface area contributed by atoms with Gasteiger partial charge in [0.1, 0.15) is 5.25 Å². The third kappa shape index (κ3) is 4.05. The summed E-state index contributed by atoms with van der Waals surface area (Å²) in [5, 5.41) is 3.53. The number of carbonyl (C=O) groups is 1. The average Bonchev–Trinajstić information content (AvgIpc) is 3.05. The third-order valence-electron chi connectivity index (χ3n) is 4.96. The number of anilines is 1. The Bertz CT molecular complexity index is 1170. The first kappa shape index (κ1) is 19.3. The van der Waals surface area contributed by atoms with Crippen molar-refractivity contribution in [3.8, 4) is 0 Å². The second-order valence-corrected chi connectivity index (χ2v) is 8.23. The number of benzene rings is 3. The Morgan fingerprint density at radius 1 is 1.00 bits per heavy atom. The van der Waals surface area contributed by atoms with Crippen LogP contribution in [0.1, 0.15) is 21.9 Å². The Hall–Kier alpha value is -3.05. The van der Waals surface area contributed by atoms with Crippen LogP contribution in [0, 0.1) is 13.8 Å². The zero-order valence-electron chi connectivity index (χ0n) is 16.7. The van der Waals surface area contributed by atoms with Gasteiger partial charge in [0.25, 0.3) is 0 Å². The zero-order valence-corrected chi connectivity index (χ0v) is 17.5. The largest absolute Gasteiger partial charge is 0.325 e. The summed E-state index contributed by atoms with van der Waals surface area (Å²) in [5.74, 6) is -0.0537. The Morgan fingerprint density at radius 2 is 1.72 bits per heavy atom. The maximum atomic E-state index is 13.3. The van der Waals surface area contributed by atoms with Crippen molar-refractivity contribution in [2.75, 3.05) is 5.32 Å². The van der Waals surface area contributed by atoms with Crippen LogP contribution in [0.15, 0.2) is 78.0 Å². The molecule has 146 valence electrons. The van der Waals surface area contributed by atoms with Crippen LogP contribution in [0.4, 0.5) is 5.69 Å². The summed E-state index contributed by atoms with van der Waals surface area (Å²) in [7, 11) is 1.99. The van der Waals surface area contributed by atoms with Crippen molar-refractivity contribution in [3.63, 3.8) is 0 Å². The number of nitrogens with zero attached hydrogens (tertiary/aromatic N) is 2. The fourth-order valence-corrected chi connectivity index (χ4v) is 4.38. The minimum Gasteiger partial charge on any atom is -0.325 e. The van der Waals surface area contributed by atoms with E-state index in [-0.39, 0.29) is 5.91 Å². The molecule has 4 nitrogen and oxygen atoms in total. The second-order valence-electron chi connectivity index (χ2n) is 7.16. The molecule has 1 aromatic heterocycles. The van der Waals surface area contributed by atoms with Crippen molar-refractivity contribution in [3.05, 3.63) is 89.5 Å². The molecule has 1 N–H and O–H groups in total. The quantitative estimate of drug-likeness (QED) is 0.439. The molecule has 0 spiro atoms. The fourth-order valence-electron chi connectivity index (χ4n) is 3.30. The van der Waals surface area contributed by atoms with E-state index in [0.29, 0.717) is 0 Å². The number of thioether (sulfide) groups is 1. The molecule has 0 aliphatic heterocycles. The number of amides is 1. The molecule has 1 amide bonds. The number of hydrogen-bond donors (Lipinski definition) is 1. The topological polar surface area (TPSA) is 46.9 Å². The summed E-state index contributed by atoms with van der Waals surface area (Å²) in [6.45, 7) is 4.03. The van der Waals surface area contributed by atoms with Crippen molar-refractivity contribution >= 4 is 34.4 Å². The minimum absolute atomic E-state index is 0.0537. The van der Waals surface area contributed by atoms with E-state index in [2.05, 4.69) is 5.32 Å². The summed E-state index contributed by atoms with van der Waals surface area (Å²) < 4.78 is 2.04. The van der Waals surface area contributed by atoms with E-state index in [0.717, 1.165) is 38.6 Å². The molecule has 1 unspecified atom stereocenters. The van der Waals surface area contributed by atoms with Crippen molar-refractivity contribution in [1.82, 2.24) is 9.55 Å². The number of imidazole rings is 1. The minimum atomic E-state index is -0.411. The van der Waals surface area contributed by atoms with Gasteiger partial charge in [-0.2, -0.15) is 0 Å². The van der Waals surface area contributed by atoms with Gasteiger partial charge in [-0.15, -0.1) is 0 Å². The smallest absolute Gasteiger partial charge is 0.242 e. The number of aromatic nitrogens is 2. The van der Waals surface area contributed by atoms with Gasteiger partial charge >= 0.3 is 0 Å². The summed E-state index contributed by atoms with van der Waals surface area (Å²) in [6, 6.07) is 24.0. The Labute approximate surface area is 175 Å². The zero-order chi connectivity index (χ0) is 20.4. The second kappa shape index (κ2) is 8.13. The maximum Gasteiger partial charge on any atom is 0.242 e. The molecule has 0 aliphatic carbocycles. The lowest BCUT2D eigenvalue weighted by Crippen LogP contribution is -2.20. The third-order valence-corrected chi connectivity index (χ3v) is 6.26. The normalized spacial score (nSPS) is 12.1. The molecule has 0 bridgehead atoms. The average molecular weight is 402 g/mol. The van der Waals surface area contributed by atoms with E-state index in [1.807, 2.05) is 98.3 Å². The highest BCUT2D eigenvalue weighted by molar-refractivity contribution is 8.00. The summed E-state index contributed by atoms with van der Waals surface area (Å²) in [4.78, 5) is 18.1. The lowest BCUT2D eigenvalue weighted by molar-refractivity contribution is -0.115. The Morgan fingerprint density at radius 3 is 2.48 bits per heavy atom. The van der Waals surface area contributed by atoms with Crippen LogP contribution in [0.5, 0.6) is 0 Å². The van der Waals surface area contributed by atoms with Crippen molar-refractivity contribution < 1.29 is 4.79 Å². The number of hydrogen-bond acceptors (Lipinski definition) is 3. The van der Waals surface area contributed by atoms with Gasteiger partial charge in [0.15, 0.2) is 5.16 Å². The number of fused-ring (bicyclic) bond motifs is 1. The summed E-state index contributed by atoms with van der Waals surface area (Å²) >= 11 is 1.47. The van der Waals surface area contributed by atoms with Crippen LogP contribution in [0.3, 0.4) is 0 Å². The van der Waals surface area contributed by atoms with E-state index < -0.39 is 5.25 Å². The molecular weight excluding hydrogens is 378 g/mol. The molecule has 0 aliphatic rings. The van der Waals surface area contributed by atoms with Crippen LogP contribution in [0.2, 0.25) is 0 Å². The van der Waals surface area contributed by atoms with E-state index in [9.17, 15) is 4.79 Å². The molecule has 4 rings (SSSR count). The van der Waals surface area contributed by atoms with Gasteiger partial charge in [-0.1, -0.05) is 66.4 Å². The van der Waals surface area contributed by atoms with Crippen molar-refractivity contribution in [2.24, 2.45) is 7.05 Å². The van der Waals surface area contributed by atoms with Gasteiger partial charge in [0, 0.05) is 12.7 Å². The van der Waals surface area contributed by atoms with Crippen LogP contribution in [-0.2, 0) is 11.8 Å². The van der Waals surface area contributed by atoms with Crippen molar-refractivity contribution in [2.45, 2.75) is 24.3 Å². The highest BCUT2D eigenvalue weighted by Gasteiger charge is 2.25. The first-order chi connectivity index (χ1) is 14.0. The van der Waals surface area contributed by atoms with Crippen LogP contribution >= 0.6 is 11.8 Å². The lowest BCUT2D eigenvalue weighted by Gasteiger charge is -2.18. The standard InChI is InChI=1S/C24H23N3OS/c1-16-13-14-17(2)20(15-16)25-23(28)22(18-9-5-4-6-10-18)29-24-26-19-11-7-8-12-21(19)27(24)3/h4-15,22H,1-3H3,(H,25,28). The van der Waals surface area contributed by atoms with E-state index >= 15 is 0 Å². The molecule has 1 atom stereocenters. The van der Waals surface area contributed by atoms with Gasteiger partial charge in [0.2, 0.25) is 5.91 Å². The van der Waals surface area contributed by atoms with E-state index in [1.54, 1.807) is 0 Å². The predicted molar refractivity (Wildman–Crippen MR) is 120 cm³/mol. The van der Waals surface area contributed by atoms with Gasteiger partial charge in [0.05, 0.1) is 11.0 Å². The lowest BCUT2D eigenvalue weighted by atomic mass is 10.1. The number of rotatable bonds is 5. The first-order valence-electron chi connectivity index (χ1n) is 9.54. The van der Waals surface area contributed by atoms with Crippen LogP contribution < -0.4 is 5.32 Å². The molecule has 0 radical (unpaired) electrons. The number of carbonyl (C=O) groups excluding carboxylic acids is 1. The molecular formula is C24H23N3OS. The maximum absolute atomic E-state index is 13.3. The summed E-state index contributed by atoms with van der Waals surface area (Å²) in [6.07, 6.45) is 0. The van der Waals surface area contributed by atoms with Gasteiger partial charge in [-0.25, -0.2) is 4.98 Å². The van der Waals surface area contributed by atoms with E-state index in [1.165, 1.54) is 11.8 Å². The number of nitrogens with one attached hydrogen (secondary N) is 1. The molecule has 5 heteroatoms. The fraction of sp³-hybridized carbons (Fsp3) is 0.167. The van der Waals surface area contributed by atoms with Crippen LogP contribution in [-0.4, -0.2) is 15.5 Å². The highest BCUT2D eigenvalue weighted by atomic mass is 32.2. The molecule has 3 aromatic carbocycles. The molecule has 1 heterocycles. The van der Waals surface area contributed by atoms with Crippen LogP contribution in [0.25, 0.3) is 11.0 Å². The predicted octanol–water partition coefficient (Wildman–Crippen LogP) is 5.66. The number of aryl methyl sites for hydroxylation is 3. The van der Waals surface area contributed by atoms with Gasteiger partial charge in [-0.3, -0.25) is 4.79 Å². The Balaban J connectivity index is 1.69. The highest BCUT2D eigenvalue weighted by Crippen LogP contribution is 2.37. The molecule has 29 heavy (non-hydrogen) atoms.